The molecule has 0 heterocycles. The summed E-state index contributed by atoms with van der Waals surface area (Å²) in [7, 11) is 7.57. The molecule has 0 unspecified atom stereocenters. The maximum absolute atomic E-state index is 9.89. The number of azo groups is 1. The number of rotatable bonds is 2. The van der Waals surface area contributed by atoms with E-state index in [-0.39, 0.29) is 13.4 Å². The highest BCUT2D eigenvalue weighted by atomic mass is 32.2. The number of carbonyl (C=O) groups is 2. The Labute approximate surface area is 229 Å². The fourth-order valence-corrected chi connectivity index (χ4v) is 0.659. The van der Waals surface area contributed by atoms with E-state index in [1.807, 2.05) is 55.4 Å². The monoisotopic (exact) mass is 578 g/mol. The fraction of sp³-hybridized carbons (Fsp3) is 0.636. The second-order valence-corrected chi connectivity index (χ2v) is 8.73. The first-order chi connectivity index (χ1) is 16.3. The number of methoxy groups -OCH3 is 3. The number of carbonyl (C=O) groups excluding carboxylic acids is 2. The highest BCUT2D eigenvalue weighted by Gasteiger charge is 1.88. The van der Waals surface area contributed by atoms with Crippen molar-refractivity contribution in [3.63, 3.8) is 0 Å². The average molecular weight is 579 g/mol. The van der Waals surface area contributed by atoms with E-state index >= 15 is 0 Å². The Morgan fingerprint density at radius 1 is 0.861 bits per heavy atom. The van der Waals surface area contributed by atoms with E-state index in [1.54, 1.807) is 44.7 Å². The van der Waals surface area contributed by atoms with Crippen LogP contribution in [0.4, 0.5) is 4.79 Å². The molecule has 0 bridgehead atoms. The molecular weight excluding hydrogens is 528 g/mol. The predicted octanol–water partition coefficient (Wildman–Crippen LogP) is 4.30. The van der Waals surface area contributed by atoms with Gasteiger partial charge in [0.05, 0.1) is 27.6 Å². The van der Waals surface area contributed by atoms with Crippen molar-refractivity contribution in [2.75, 3.05) is 80.8 Å². The second-order valence-electron chi connectivity index (χ2n) is 5.15. The number of para-hydroxylation sites is 1. The van der Waals surface area contributed by atoms with Crippen LogP contribution in [0.2, 0.25) is 0 Å². The van der Waals surface area contributed by atoms with Crippen molar-refractivity contribution in [3.05, 3.63) is 30.3 Å². The zero-order chi connectivity index (χ0) is 29.1. The van der Waals surface area contributed by atoms with Crippen molar-refractivity contribution in [2.45, 2.75) is 14.4 Å². The maximum Gasteiger partial charge on any atom is 0.406 e. The van der Waals surface area contributed by atoms with Gasteiger partial charge in [-0.05, 0) is 44.2 Å². The number of benzene rings is 1. The number of nitrogens with zero attached hydrogens (tertiary/aromatic N) is 2. The molecule has 218 valence electrons. The number of hydrogen-bond acceptors (Lipinski definition) is 11. The number of hydrogen-bond donors (Lipinski definition) is 2. The van der Waals surface area contributed by atoms with Crippen LogP contribution in [0.5, 0.6) is 5.75 Å². The van der Waals surface area contributed by atoms with Gasteiger partial charge in [0.1, 0.15) is 5.75 Å². The van der Waals surface area contributed by atoms with Crippen LogP contribution in [0.3, 0.4) is 0 Å². The van der Waals surface area contributed by atoms with Crippen LogP contribution in [0.15, 0.2) is 40.6 Å². The summed E-state index contributed by atoms with van der Waals surface area (Å²) in [4.78, 5) is 19.4. The first-order valence-electron chi connectivity index (χ1n) is 9.58. The molecule has 11 nitrogen and oxygen atoms in total. The lowest BCUT2D eigenvalue weighted by atomic mass is 10.3. The van der Waals surface area contributed by atoms with Crippen molar-refractivity contribution in [2.24, 2.45) is 10.2 Å². The molecule has 0 spiro atoms. The van der Waals surface area contributed by atoms with Gasteiger partial charge in [-0.25, -0.2) is 17.9 Å². The van der Waals surface area contributed by atoms with Crippen molar-refractivity contribution < 1.29 is 32.2 Å². The Hall–Kier alpha value is -2.03. The third-order valence-corrected chi connectivity index (χ3v) is 2.97. The van der Waals surface area contributed by atoms with Gasteiger partial charge >= 0.3 is 12.1 Å². The number of nitrogens with one attached hydrogen (secondary N) is 2. The number of ether oxygens (including phenoxy) is 3. The molecule has 0 aliphatic carbocycles. The number of thioether (sulfide) groups is 2. The molecule has 0 atom stereocenters. The van der Waals surface area contributed by atoms with E-state index in [1.165, 1.54) is 35.2 Å². The van der Waals surface area contributed by atoms with Gasteiger partial charge in [0, 0.05) is 28.1 Å². The Kier molecular flexibility index (Phi) is 65.3. The normalized spacial score (nSPS) is 8.03. The van der Waals surface area contributed by atoms with Crippen LogP contribution in [-0.4, -0.2) is 101 Å². The summed E-state index contributed by atoms with van der Waals surface area (Å²) in [6, 6.07) is 9.68. The molecule has 14 heteroatoms. The minimum atomic E-state index is -2.91. The highest BCUT2D eigenvalue weighted by Crippen LogP contribution is 2.05. The van der Waals surface area contributed by atoms with E-state index in [0.717, 1.165) is 12.0 Å². The van der Waals surface area contributed by atoms with Crippen molar-refractivity contribution in [1.29, 1.82) is 0 Å². The van der Waals surface area contributed by atoms with E-state index < -0.39 is 16.1 Å². The summed E-state index contributed by atoms with van der Waals surface area (Å²) in [5.74, 6) is 0.664. The molecular formula is C22H50N4O7S3. The topological polar surface area (TPSA) is 145 Å². The largest absolute Gasteiger partial charge is 0.497 e. The van der Waals surface area contributed by atoms with Gasteiger partial charge in [-0.15, -0.1) is 0 Å². The Morgan fingerprint density at radius 3 is 1.25 bits per heavy atom. The standard InChI is InChI=1S/C7H8O.C3H7NO2.C3H6O2.C2H6N2.C2H7NO2S.2C2H6S.CH4/c1-8-7-5-3-2-4-6-7;1-4-3(5)6-2;1-3(4)5-2;1-3-4-2;1-3-6(2,4)5;2*1-3-2;/h2-6H,1H3;1-2H3,(H,4,5);1-2H3;1-2H3;3H,1-2H3;2*1-2H3;1H4. The predicted molar refractivity (Wildman–Crippen MR) is 158 cm³/mol. The van der Waals surface area contributed by atoms with Gasteiger partial charge in [0.2, 0.25) is 10.0 Å². The molecule has 2 N–H and O–H groups in total. The van der Waals surface area contributed by atoms with E-state index in [4.69, 9.17) is 4.74 Å². The number of alkyl carbamates (subject to hydrolysis) is 1. The third-order valence-electron chi connectivity index (χ3n) is 2.23. The van der Waals surface area contributed by atoms with Crippen LogP contribution in [0.1, 0.15) is 14.4 Å². The van der Waals surface area contributed by atoms with Gasteiger partial charge in [-0.3, -0.25) is 4.79 Å². The zero-order valence-electron chi connectivity index (χ0n) is 23.4. The van der Waals surface area contributed by atoms with Crippen LogP contribution >= 0.6 is 23.5 Å². The highest BCUT2D eigenvalue weighted by molar-refractivity contribution is 7.98. The Morgan fingerprint density at radius 2 is 1.17 bits per heavy atom. The Bertz CT molecular complexity index is 653. The lowest BCUT2D eigenvalue weighted by Gasteiger charge is -1.93. The van der Waals surface area contributed by atoms with Crippen LogP contribution in [0, 0.1) is 0 Å². The average Bonchev–Trinajstić information content (AvgIpc) is 2.85. The number of sulfonamides is 1. The molecule has 0 aliphatic rings. The second kappa shape index (κ2) is 46.3. The minimum absolute atomic E-state index is 0. The van der Waals surface area contributed by atoms with E-state index in [2.05, 4.69) is 29.7 Å². The first kappa shape index (κ1) is 50.8. The van der Waals surface area contributed by atoms with Gasteiger partial charge in [0.15, 0.2) is 0 Å². The Balaban J connectivity index is -0.0000000559. The molecule has 0 radical (unpaired) electrons. The molecule has 0 saturated carbocycles. The van der Waals surface area contributed by atoms with Crippen LogP contribution in [-0.2, 0) is 24.3 Å². The minimum Gasteiger partial charge on any atom is -0.497 e. The van der Waals surface area contributed by atoms with Crippen molar-refractivity contribution in [1.82, 2.24) is 10.0 Å². The first-order valence-corrected chi connectivity index (χ1v) is 14.7. The lowest BCUT2D eigenvalue weighted by Crippen LogP contribution is -2.16. The van der Waals surface area contributed by atoms with Gasteiger partial charge in [-0.1, -0.05) is 25.6 Å². The summed E-state index contributed by atoms with van der Waals surface area (Å²) in [6.45, 7) is 1.36. The molecule has 1 amide bonds. The van der Waals surface area contributed by atoms with Crippen LogP contribution in [0.25, 0.3) is 0 Å². The summed E-state index contributed by atoms with van der Waals surface area (Å²) >= 11 is 3.50. The fourth-order valence-electron chi connectivity index (χ4n) is 0.659. The van der Waals surface area contributed by atoms with E-state index in [0.29, 0.717) is 0 Å². The quantitative estimate of drug-likeness (QED) is 0.387. The SMILES string of the molecule is C.CN=NC.CNC(=O)OC.CNS(C)(=O)=O.COC(C)=O.COc1ccccc1.CSC.CSC. The molecule has 36 heavy (non-hydrogen) atoms. The summed E-state index contributed by atoms with van der Waals surface area (Å²) in [5.41, 5.74) is 0. The molecule has 0 saturated heterocycles. The van der Waals surface area contributed by atoms with Gasteiger partial charge in [0.25, 0.3) is 0 Å². The molecule has 0 fully saturated rings. The van der Waals surface area contributed by atoms with Crippen molar-refractivity contribution >= 4 is 45.6 Å². The molecule has 0 aliphatic heterocycles. The van der Waals surface area contributed by atoms with Crippen molar-refractivity contribution in [3.8, 4) is 5.75 Å². The molecule has 1 aromatic rings. The van der Waals surface area contributed by atoms with Gasteiger partial charge < -0.3 is 19.5 Å². The van der Waals surface area contributed by atoms with E-state index in [9.17, 15) is 18.0 Å². The van der Waals surface area contributed by atoms with Gasteiger partial charge in [-0.2, -0.15) is 33.8 Å². The smallest absolute Gasteiger partial charge is 0.406 e. The molecule has 1 rings (SSSR count). The summed E-state index contributed by atoms with van der Waals surface area (Å²) < 4.78 is 35.0. The lowest BCUT2D eigenvalue weighted by molar-refractivity contribution is -0.137. The van der Waals surface area contributed by atoms with Crippen LogP contribution < -0.4 is 14.8 Å². The molecule has 1 aromatic carbocycles. The molecule has 0 aromatic heterocycles. The summed E-state index contributed by atoms with van der Waals surface area (Å²) in [6.07, 6.45) is 8.86. The third kappa shape index (κ3) is 95.0. The maximum atomic E-state index is 9.89. The number of amides is 1. The summed E-state index contributed by atoms with van der Waals surface area (Å²) in [5, 5.41) is 8.98. The zero-order valence-corrected chi connectivity index (χ0v) is 25.8. The number of esters is 1.